The van der Waals surface area contributed by atoms with Crippen LogP contribution in [-0.2, 0) is 23.9 Å². The second-order valence-corrected chi connectivity index (χ2v) is 5.85. The molecule has 0 spiro atoms. The van der Waals surface area contributed by atoms with Crippen LogP contribution in [0.5, 0.6) is 0 Å². The topological polar surface area (TPSA) is 69.7 Å². The number of Topliss-reactive ketones (excluding diaryl/α,β-unsaturated/α-hetero) is 1. The van der Waals surface area contributed by atoms with E-state index in [0.29, 0.717) is 6.42 Å². The molecule has 0 saturated heterocycles. The van der Waals surface area contributed by atoms with Crippen molar-refractivity contribution in [3.63, 3.8) is 0 Å². The van der Waals surface area contributed by atoms with E-state index in [1.807, 2.05) is 0 Å². The Morgan fingerprint density at radius 2 is 1.68 bits per heavy atom. The maximum Gasteiger partial charge on any atom is 0.320 e. The van der Waals surface area contributed by atoms with Crippen LogP contribution in [0.1, 0.15) is 52.4 Å². The van der Waals surface area contributed by atoms with Crippen LogP contribution >= 0.6 is 0 Å². The van der Waals surface area contributed by atoms with Gasteiger partial charge in [0.1, 0.15) is 0 Å². The maximum atomic E-state index is 12.5. The van der Waals surface area contributed by atoms with E-state index in [-0.39, 0.29) is 31.3 Å². The van der Waals surface area contributed by atoms with E-state index in [9.17, 15) is 14.4 Å². The van der Waals surface area contributed by atoms with Gasteiger partial charge < -0.3 is 9.47 Å². The molecule has 0 aromatic rings. The molecule has 2 aliphatic carbocycles. The number of ketones is 1. The standard InChI is InChI=1S/C17H24O5/c1-3-21-16(19)14(17(20)22-4-2)10-12-9-11-7-5-6-8-13(11)15(12)18/h12,14H,3-10H2,1-2H3. The van der Waals surface area contributed by atoms with Gasteiger partial charge in [-0.1, -0.05) is 5.57 Å². The highest BCUT2D eigenvalue weighted by molar-refractivity contribution is 6.02. The lowest BCUT2D eigenvalue weighted by Crippen LogP contribution is -2.31. The fourth-order valence-corrected chi connectivity index (χ4v) is 3.38. The van der Waals surface area contributed by atoms with E-state index in [4.69, 9.17) is 9.47 Å². The molecule has 1 unspecified atom stereocenters. The number of hydrogen-bond donors (Lipinski definition) is 0. The highest BCUT2D eigenvalue weighted by atomic mass is 16.6. The van der Waals surface area contributed by atoms with Gasteiger partial charge in [0, 0.05) is 5.92 Å². The average Bonchev–Trinajstić information content (AvgIpc) is 2.82. The van der Waals surface area contributed by atoms with Crippen molar-refractivity contribution in [3.05, 3.63) is 11.1 Å². The van der Waals surface area contributed by atoms with Crippen LogP contribution in [0.25, 0.3) is 0 Å². The molecule has 0 aromatic carbocycles. The third-order valence-corrected chi connectivity index (χ3v) is 4.41. The summed E-state index contributed by atoms with van der Waals surface area (Å²) in [5.74, 6) is -2.32. The van der Waals surface area contributed by atoms with Crippen LogP contribution in [0, 0.1) is 11.8 Å². The summed E-state index contributed by atoms with van der Waals surface area (Å²) in [7, 11) is 0. The predicted molar refractivity (Wildman–Crippen MR) is 80.0 cm³/mol. The van der Waals surface area contributed by atoms with Gasteiger partial charge >= 0.3 is 11.9 Å². The Balaban J connectivity index is 2.06. The number of hydrogen-bond acceptors (Lipinski definition) is 5. The first kappa shape index (κ1) is 16.7. The van der Waals surface area contributed by atoms with E-state index in [2.05, 4.69) is 0 Å². The molecule has 0 saturated carbocycles. The first-order chi connectivity index (χ1) is 10.6. The van der Waals surface area contributed by atoms with Crippen LogP contribution in [0.3, 0.4) is 0 Å². The van der Waals surface area contributed by atoms with Crippen molar-refractivity contribution in [3.8, 4) is 0 Å². The minimum Gasteiger partial charge on any atom is -0.465 e. The van der Waals surface area contributed by atoms with Crippen LogP contribution in [0.4, 0.5) is 0 Å². The first-order valence-corrected chi connectivity index (χ1v) is 8.16. The van der Waals surface area contributed by atoms with Crippen molar-refractivity contribution in [1.82, 2.24) is 0 Å². The van der Waals surface area contributed by atoms with E-state index in [0.717, 1.165) is 31.3 Å². The second-order valence-electron chi connectivity index (χ2n) is 5.85. The molecule has 2 aliphatic rings. The van der Waals surface area contributed by atoms with Crippen molar-refractivity contribution in [2.45, 2.75) is 52.4 Å². The van der Waals surface area contributed by atoms with E-state index < -0.39 is 17.9 Å². The molecule has 2 rings (SSSR count). The highest BCUT2D eigenvalue weighted by Gasteiger charge is 2.39. The molecule has 5 heteroatoms. The lowest BCUT2D eigenvalue weighted by molar-refractivity contribution is -0.162. The number of rotatable bonds is 6. The molecule has 0 heterocycles. The molecule has 0 fully saturated rings. The van der Waals surface area contributed by atoms with Crippen LogP contribution in [0.15, 0.2) is 11.1 Å². The van der Waals surface area contributed by atoms with E-state index in [1.165, 1.54) is 5.57 Å². The normalized spacial score (nSPS) is 21.0. The van der Waals surface area contributed by atoms with E-state index in [1.54, 1.807) is 13.8 Å². The monoisotopic (exact) mass is 308 g/mol. The number of ether oxygens (including phenoxy) is 2. The predicted octanol–water partition coefficient (Wildman–Crippen LogP) is 2.58. The molecular formula is C17H24O5. The number of allylic oxidation sites excluding steroid dienone is 2. The molecule has 22 heavy (non-hydrogen) atoms. The van der Waals surface area contributed by atoms with Gasteiger partial charge in [-0.15, -0.1) is 0 Å². The molecular weight excluding hydrogens is 284 g/mol. The Labute approximate surface area is 131 Å². The molecule has 122 valence electrons. The van der Waals surface area contributed by atoms with Gasteiger partial charge in [-0.2, -0.15) is 0 Å². The van der Waals surface area contributed by atoms with Crippen molar-refractivity contribution in [2.75, 3.05) is 13.2 Å². The van der Waals surface area contributed by atoms with Gasteiger partial charge in [0.15, 0.2) is 11.7 Å². The molecule has 0 bridgehead atoms. The Bertz CT molecular complexity index is 473. The van der Waals surface area contributed by atoms with Crippen LogP contribution in [0.2, 0.25) is 0 Å². The van der Waals surface area contributed by atoms with Crippen LogP contribution < -0.4 is 0 Å². The number of carbonyl (C=O) groups is 3. The summed E-state index contributed by atoms with van der Waals surface area (Å²) in [5.41, 5.74) is 2.18. The third kappa shape index (κ3) is 3.57. The zero-order chi connectivity index (χ0) is 16.1. The summed E-state index contributed by atoms with van der Waals surface area (Å²) < 4.78 is 9.94. The lowest BCUT2D eigenvalue weighted by Gasteiger charge is -2.17. The zero-order valence-corrected chi connectivity index (χ0v) is 13.4. The Morgan fingerprint density at radius 3 is 2.23 bits per heavy atom. The molecule has 0 N–H and O–H groups in total. The average molecular weight is 308 g/mol. The second kappa shape index (κ2) is 7.56. The third-order valence-electron chi connectivity index (χ3n) is 4.41. The highest BCUT2D eigenvalue weighted by Crippen LogP contribution is 2.40. The largest absolute Gasteiger partial charge is 0.465 e. The van der Waals surface area contributed by atoms with Gasteiger partial charge in [0.05, 0.1) is 13.2 Å². The Kier molecular flexibility index (Phi) is 5.75. The molecule has 5 nitrogen and oxygen atoms in total. The van der Waals surface area contributed by atoms with Crippen LogP contribution in [-0.4, -0.2) is 30.9 Å². The summed E-state index contributed by atoms with van der Waals surface area (Å²) >= 11 is 0. The summed E-state index contributed by atoms with van der Waals surface area (Å²) in [5, 5.41) is 0. The lowest BCUT2D eigenvalue weighted by atomic mass is 9.90. The summed E-state index contributed by atoms with van der Waals surface area (Å²) in [6, 6.07) is 0. The Hall–Kier alpha value is -1.65. The minimum absolute atomic E-state index is 0.119. The fourth-order valence-electron chi connectivity index (χ4n) is 3.38. The van der Waals surface area contributed by atoms with Gasteiger partial charge in [-0.05, 0) is 57.9 Å². The maximum absolute atomic E-state index is 12.5. The summed E-state index contributed by atoms with van der Waals surface area (Å²) in [4.78, 5) is 36.5. The van der Waals surface area contributed by atoms with Gasteiger partial charge in [0.2, 0.25) is 0 Å². The molecule has 0 aliphatic heterocycles. The SMILES string of the molecule is CCOC(=O)C(CC1CC2=C(CCCC2)C1=O)C(=O)OCC. The van der Waals surface area contributed by atoms with Gasteiger partial charge in [-0.3, -0.25) is 14.4 Å². The van der Waals surface area contributed by atoms with Crippen molar-refractivity contribution < 1.29 is 23.9 Å². The summed E-state index contributed by atoms with van der Waals surface area (Å²) in [6.07, 6.45) is 4.87. The fraction of sp³-hybridized carbons (Fsp3) is 0.706. The van der Waals surface area contributed by atoms with Gasteiger partial charge in [-0.25, -0.2) is 0 Å². The van der Waals surface area contributed by atoms with Gasteiger partial charge in [0.25, 0.3) is 0 Å². The zero-order valence-electron chi connectivity index (χ0n) is 13.4. The molecule has 0 aromatic heterocycles. The van der Waals surface area contributed by atoms with E-state index >= 15 is 0 Å². The number of carbonyl (C=O) groups excluding carboxylic acids is 3. The minimum atomic E-state index is -0.991. The molecule has 1 atom stereocenters. The first-order valence-electron chi connectivity index (χ1n) is 8.16. The molecule has 0 radical (unpaired) electrons. The Morgan fingerprint density at radius 1 is 1.09 bits per heavy atom. The van der Waals surface area contributed by atoms with Crippen molar-refractivity contribution in [1.29, 1.82) is 0 Å². The number of esters is 2. The molecule has 0 amide bonds. The smallest absolute Gasteiger partial charge is 0.320 e. The quantitative estimate of drug-likeness (QED) is 0.557. The summed E-state index contributed by atoms with van der Waals surface area (Å²) in [6.45, 7) is 3.81. The van der Waals surface area contributed by atoms with Crippen molar-refractivity contribution in [2.24, 2.45) is 11.8 Å². The van der Waals surface area contributed by atoms with Crippen molar-refractivity contribution >= 4 is 17.7 Å².